The van der Waals surface area contributed by atoms with Crippen LogP contribution in [0.4, 0.5) is 5.69 Å². The van der Waals surface area contributed by atoms with E-state index in [1.807, 2.05) is 27.7 Å². The van der Waals surface area contributed by atoms with E-state index in [4.69, 9.17) is 4.74 Å². The second kappa shape index (κ2) is 8.99. The number of nitrogens with one attached hydrogen (secondary N) is 2. The number of amides is 2. The van der Waals surface area contributed by atoms with Gasteiger partial charge in [-0.2, -0.15) is 0 Å². The van der Waals surface area contributed by atoms with Crippen LogP contribution in [0, 0.1) is 6.92 Å². The Labute approximate surface area is 154 Å². The van der Waals surface area contributed by atoms with Crippen molar-refractivity contribution >= 4 is 17.5 Å². The molecule has 1 aromatic carbocycles. The first-order chi connectivity index (χ1) is 12.4. The molecule has 0 bridgehead atoms. The van der Waals surface area contributed by atoms with Gasteiger partial charge >= 0.3 is 0 Å². The molecule has 0 aliphatic heterocycles. The lowest BCUT2D eigenvalue weighted by Crippen LogP contribution is -2.31. The third kappa shape index (κ3) is 5.05. The Bertz CT molecular complexity index is 772. The molecule has 0 spiro atoms. The highest BCUT2D eigenvalue weighted by Gasteiger charge is 2.15. The molecule has 1 atom stereocenters. The molecule has 0 unspecified atom stereocenters. The summed E-state index contributed by atoms with van der Waals surface area (Å²) in [4.78, 5) is 28.9. The fraction of sp³-hybridized carbons (Fsp3) is 0.350. The number of ether oxygens (including phenoxy) is 1. The summed E-state index contributed by atoms with van der Waals surface area (Å²) in [6.07, 6.45) is 0.868. The van der Waals surface area contributed by atoms with Gasteiger partial charge in [0.15, 0.2) is 0 Å². The van der Waals surface area contributed by atoms with Gasteiger partial charge in [0.1, 0.15) is 5.56 Å². The topological polar surface area (TPSA) is 80.3 Å². The van der Waals surface area contributed by atoms with Gasteiger partial charge in [-0.25, -0.2) is 4.98 Å². The average molecular weight is 355 g/mol. The quantitative estimate of drug-likeness (QED) is 0.796. The Kier molecular flexibility index (Phi) is 6.72. The minimum atomic E-state index is -0.308. The Hall–Kier alpha value is -2.89. The zero-order chi connectivity index (χ0) is 19.1. The number of hydrogen-bond donors (Lipinski definition) is 2. The number of carbonyl (C=O) groups excluding carboxylic acids is 2. The highest BCUT2D eigenvalue weighted by molar-refractivity contribution is 6.06. The summed E-state index contributed by atoms with van der Waals surface area (Å²) in [6, 6.07) is 10.3. The highest BCUT2D eigenvalue weighted by Crippen LogP contribution is 2.19. The number of pyridine rings is 1. The van der Waals surface area contributed by atoms with Gasteiger partial charge in [-0.3, -0.25) is 9.59 Å². The van der Waals surface area contributed by atoms with E-state index in [0.29, 0.717) is 29.3 Å². The molecule has 2 rings (SSSR count). The molecule has 1 heterocycles. The summed E-state index contributed by atoms with van der Waals surface area (Å²) in [5.74, 6) is -0.120. The molecule has 2 amide bonds. The van der Waals surface area contributed by atoms with Crippen molar-refractivity contribution in [2.24, 2.45) is 0 Å². The van der Waals surface area contributed by atoms with Crippen molar-refractivity contribution in [2.75, 3.05) is 11.9 Å². The summed E-state index contributed by atoms with van der Waals surface area (Å²) >= 11 is 0. The largest absolute Gasteiger partial charge is 0.477 e. The summed E-state index contributed by atoms with van der Waals surface area (Å²) < 4.78 is 5.45. The normalized spacial score (nSPS) is 11.5. The van der Waals surface area contributed by atoms with Crippen LogP contribution in [-0.4, -0.2) is 29.4 Å². The van der Waals surface area contributed by atoms with E-state index in [2.05, 4.69) is 15.6 Å². The van der Waals surface area contributed by atoms with Crippen LogP contribution in [0.1, 0.15) is 53.6 Å². The Balaban J connectivity index is 2.09. The van der Waals surface area contributed by atoms with Crippen LogP contribution in [0.5, 0.6) is 5.88 Å². The molecular weight excluding hydrogens is 330 g/mol. The van der Waals surface area contributed by atoms with Crippen molar-refractivity contribution < 1.29 is 14.3 Å². The van der Waals surface area contributed by atoms with E-state index in [1.165, 1.54) is 0 Å². The van der Waals surface area contributed by atoms with Crippen LogP contribution in [0.3, 0.4) is 0 Å². The maximum absolute atomic E-state index is 12.5. The molecule has 26 heavy (non-hydrogen) atoms. The van der Waals surface area contributed by atoms with Crippen LogP contribution < -0.4 is 15.4 Å². The van der Waals surface area contributed by atoms with Crippen molar-refractivity contribution in [1.29, 1.82) is 0 Å². The standard InChI is InChI=1S/C20H25N3O3/c1-5-13(3)21-18(24)15-8-10-16(11-9-15)23-19(25)17-12-7-14(4)22-20(17)26-6-2/h7-13H,5-6H2,1-4H3,(H,21,24)(H,23,25)/t13-/m1/s1. The first-order valence-corrected chi connectivity index (χ1v) is 8.77. The lowest BCUT2D eigenvalue weighted by Gasteiger charge is -2.12. The number of rotatable bonds is 7. The molecule has 2 aromatic rings. The van der Waals surface area contributed by atoms with E-state index in [9.17, 15) is 9.59 Å². The fourth-order valence-electron chi connectivity index (χ4n) is 2.26. The summed E-state index contributed by atoms with van der Waals surface area (Å²) in [7, 11) is 0. The second-order valence-corrected chi connectivity index (χ2v) is 6.05. The maximum Gasteiger partial charge on any atom is 0.261 e. The van der Waals surface area contributed by atoms with Crippen molar-refractivity contribution in [1.82, 2.24) is 10.3 Å². The zero-order valence-electron chi connectivity index (χ0n) is 15.6. The van der Waals surface area contributed by atoms with Crippen LogP contribution in [-0.2, 0) is 0 Å². The summed E-state index contributed by atoms with van der Waals surface area (Å²) in [6.45, 7) is 8.08. The lowest BCUT2D eigenvalue weighted by molar-refractivity contribution is 0.0938. The van der Waals surface area contributed by atoms with Crippen LogP contribution >= 0.6 is 0 Å². The molecule has 0 fully saturated rings. The fourth-order valence-corrected chi connectivity index (χ4v) is 2.26. The van der Waals surface area contributed by atoms with E-state index in [1.54, 1.807) is 36.4 Å². The van der Waals surface area contributed by atoms with E-state index >= 15 is 0 Å². The van der Waals surface area contributed by atoms with Crippen molar-refractivity contribution in [3.63, 3.8) is 0 Å². The monoisotopic (exact) mass is 355 g/mol. The Morgan fingerprint density at radius 1 is 1.08 bits per heavy atom. The maximum atomic E-state index is 12.5. The van der Waals surface area contributed by atoms with Gasteiger partial charge in [-0.15, -0.1) is 0 Å². The third-order valence-corrected chi connectivity index (χ3v) is 3.92. The van der Waals surface area contributed by atoms with Gasteiger partial charge in [0.2, 0.25) is 5.88 Å². The van der Waals surface area contributed by atoms with Crippen LogP contribution in [0.15, 0.2) is 36.4 Å². The molecule has 6 nitrogen and oxygen atoms in total. The van der Waals surface area contributed by atoms with E-state index in [0.717, 1.165) is 12.1 Å². The van der Waals surface area contributed by atoms with Crippen LogP contribution in [0.2, 0.25) is 0 Å². The minimum Gasteiger partial charge on any atom is -0.477 e. The number of hydrogen-bond acceptors (Lipinski definition) is 4. The zero-order valence-corrected chi connectivity index (χ0v) is 15.6. The second-order valence-electron chi connectivity index (χ2n) is 6.05. The molecule has 138 valence electrons. The van der Waals surface area contributed by atoms with Gasteiger partial charge in [0.25, 0.3) is 11.8 Å². The molecule has 0 radical (unpaired) electrons. The van der Waals surface area contributed by atoms with Gasteiger partial charge in [0, 0.05) is 23.0 Å². The van der Waals surface area contributed by atoms with E-state index in [-0.39, 0.29) is 17.9 Å². The number of aromatic nitrogens is 1. The van der Waals surface area contributed by atoms with Crippen LogP contribution in [0.25, 0.3) is 0 Å². The predicted octanol–water partition coefficient (Wildman–Crippen LogP) is 3.57. The van der Waals surface area contributed by atoms with Crippen molar-refractivity contribution in [2.45, 2.75) is 40.2 Å². The Morgan fingerprint density at radius 3 is 2.38 bits per heavy atom. The van der Waals surface area contributed by atoms with Gasteiger partial charge in [-0.1, -0.05) is 6.92 Å². The smallest absolute Gasteiger partial charge is 0.261 e. The predicted molar refractivity (Wildman–Crippen MR) is 102 cm³/mol. The highest BCUT2D eigenvalue weighted by atomic mass is 16.5. The first-order valence-electron chi connectivity index (χ1n) is 8.77. The molecule has 6 heteroatoms. The number of anilines is 1. The number of aryl methyl sites for hydroxylation is 1. The molecule has 1 aromatic heterocycles. The average Bonchev–Trinajstić information content (AvgIpc) is 2.62. The number of carbonyl (C=O) groups is 2. The van der Waals surface area contributed by atoms with Gasteiger partial charge < -0.3 is 15.4 Å². The Morgan fingerprint density at radius 2 is 1.77 bits per heavy atom. The molecule has 0 aliphatic carbocycles. The van der Waals surface area contributed by atoms with Crippen molar-refractivity contribution in [3.05, 3.63) is 53.2 Å². The first kappa shape index (κ1) is 19.4. The summed E-state index contributed by atoms with van der Waals surface area (Å²) in [5.41, 5.74) is 2.30. The molecule has 0 aliphatic rings. The van der Waals surface area contributed by atoms with E-state index < -0.39 is 0 Å². The number of nitrogens with zero attached hydrogens (tertiary/aromatic N) is 1. The molecule has 0 saturated carbocycles. The SMILES string of the molecule is CCOc1nc(C)ccc1C(=O)Nc1ccc(C(=O)N[C@H](C)CC)cc1. The summed E-state index contributed by atoms with van der Waals surface area (Å²) in [5, 5.41) is 5.71. The molecule has 2 N–H and O–H groups in total. The molecular formula is C20H25N3O3. The minimum absolute atomic E-state index is 0.118. The van der Waals surface area contributed by atoms with Gasteiger partial charge in [0.05, 0.1) is 6.61 Å². The third-order valence-electron chi connectivity index (χ3n) is 3.92. The lowest BCUT2D eigenvalue weighted by atomic mass is 10.1. The number of benzene rings is 1. The molecule has 0 saturated heterocycles. The van der Waals surface area contributed by atoms with Crippen molar-refractivity contribution in [3.8, 4) is 5.88 Å². The van der Waals surface area contributed by atoms with Gasteiger partial charge in [-0.05, 0) is 63.6 Å².